The Kier molecular flexibility index (Phi) is 14.8. The van der Waals surface area contributed by atoms with Crippen molar-refractivity contribution in [2.24, 2.45) is 5.41 Å². The van der Waals surface area contributed by atoms with E-state index >= 15 is 0 Å². The number of allylic oxidation sites excluding steroid dienone is 5. The Balaban J connectivity index is 1.90. The van der Waals surface area contributed by atoms with Crippen LogP contribution >= 0.6 is 45.2 Å². The molecule has 0 aromatic heterocycles. The summed E-state index contributed by atoms with van der Waals surface area (Å²) in [5, 5.41) is 10.4. The zero-order valence-corrected chi connectivity index (χ0v) is 27.4. The van der Waals surface area contributed by atoms with Crippen molar-refractivity contribution in [1.82, 2.24) is 0 Å². The molecule has 0 saturated heterocycles. The fourth-order valence-corrected chi connectivity index (χ4v) is 7.63. The molecule has 0 bridgehead atoms. The minimum Gasteiger partial charge on any atom is -0.386 e. The quantitative estimate of drug-likeness (QED) is 0.121. The summed E-state index contributed by atoms with van der Waals surface area (Å²) in [7, 11) is 0. The van der Waals surface area contributed by atoms with Crippen molar-refractivity contribution in [3.8, 4) is 0 Å². The molecule has 4 unspecified atom stereocenters. The number of Topliss-reactive ketones (excluding diaryl/α,β-unsaturated/α-hetero) is 1. The van der Waals surface area contributed by atoms with Crippen LogP contribution in [0.1, 0.15) is 91.9 Å². The van der Waals surface area contributed by atoms with Gasteiger partial charge in [-0.25, -0.2) is 4.39 Å². The molecule has 1 N–H and O–H groups in total. The Morgan fingerprint density at radius 1 is 1.27 bits per heavy atom. The number of carbonyl (C=O) groups is 1. The fraction of sp³-hybridized carbons (Fsp3) is 0.767. The lowest BCUT2D eigenvalue weighted by atomic mass is 9.76. The number of aliphatic hydroxyl groups excluding tert-OH is 1. The Morgan fingerprint density at radius 2 is 2.03 bits per heavy atom. The van der Waals surface area contributed by atoms with Crippen molar-refractivity contribution in [3.63, 3.8) is 0 Å². The molecular formula is C30H47FI2O4. The van der Waals surface area contributed by atoms with Crippen molar-refractivity contribution >= 4 is 51.0 Å². The van der Waals surface area contributed by atoms with E-state index in [4.69, 9.17) is 9.47 Å². The average molecular weight is 745 g/mol. The van der Waals surface area contributed by atoms with Gasteiger partial charge < -0.3 is 14.6 Å². The molecule has 0 aromatic carbocycles. The van der Waals surface area contributed by atoms with Gasteiger partial charge in [-0.3, -0.25) is 4.79 Å². The van der Waals surface area contributed by atoms with E-state index in [2.05, 4.69) is 77.3 Å². The largest absolute Gasteiger partial charge is 0.386 e. The first-order valence-electron chi connectivity index (χ1n) is 13.9. The molecule has 0 spiro atoms. The second kappa shape index (κ2) is 16.4. The number of ether oxygens (including phenoxy) is 2. The van der Waals surface area contributed by atoms with Crippen LogP contribution in [-0.2, 0) is 14.3 Å². The van der Waals surface area contributed by atoms with Crippen LogP contribution in [0, 0.1) is 5.41 Å². The maximum Gasteiger partial charge on any atom is 0.158 e. The van der Waals surface area contributed by atoms with Gasteiger partial charge >= 0.3 is 0 Å². The number of hydrogen-bond donors (Lipinski definition) is 1. The number of halogens is 3. The van der Waals surface area contributed by atoms with Gasteiger partial charge in [0.1, 0.15) is 5.67 Å². The van der Waals surface area contributed by atoms with E-state index < -0.39 is 17.9 Å². The van der Waals surface area contributed by atoms with E-state index in [0.29, 0.717) is 28.8 Å². The number of rotatable bonds is 17. The van der Waals surface area contributed by atoms with Crippen molar-refractivity contribution in [2.45, 2.75) is 120 Å². The lowest BCUT2D eigenvalue weighted by molar-refractivity contribution is -0.116. The summed E-state index contributed by atoms with van der Waals surface area (Å²) >= 11 is 5.04. The van der Waals surface area contributed by atoms with Gasteiger partial charge in [-0.05, 0) is 95.6 Å². The molecule has 2 rings (SSSR count). The van der Waals surface area contributed by atoms with E-state index in [1.165, 1.54) is 19.4 Å². The summed E-state index contributed by atoms with van der Waals surface area (Å²) in [4.78, 5) is 12.9. The van der Waals surface area contributed by atoms with Crippen molar-refractivity contribution < 1.29 is 23.8 Å². The number of ketones is 1. The molecule has 0 aromatic rings. The average Bonchev–Trinajstić information content (AvgIpc) is 2.83. The minimum absolute atomic E-state index is 0.0586. The zero-order chi connectivity index (χ0) is 27.5. The molecule has 2 aliphatic carbocycles. The fourth-order valence-electron chi connectivity index (χ4n) is 5.24. The van der Waals surface area contributed by atoms with Gasteiger partial charge in [0.05, 0.1) is 24.9 Å². The summed E-state index contributed by atoms with van der Waals surface area (Å²) in [6, 6.07) is 0. The SMILES string of the molecule is CCOC(C[C@@H](I)C1=CC=CCC1)CC(C)(CCI)CCCC(=O)C1=CC(O)C(OCC(C)(C)F)CC1. The van der Waals surface area contributed by atoms with E-state index in [0.717, 1.165) is 56.0 Å². The monoisotopic (exact) mass is 744 g/mol. The van der Waals surface area contributed by atoms with Crippen LogP contribution in [0.25, 0.3) is 0 Å². The highest BCUT2D eigenvalue weighted by atomic mass is 127. The van der Waals surface area contributed by atoms with Gasteiger partial charge in [0.15, 0.2) is 5.78 Å². The maximum absolute atomic E-state index is 13.7. The highest BCUT2D eigenvalue weighted by molar-refractivity contribution is 14.1. The van der Waals surface area contributed by atoms with Gasteiger partial charge in [-0.2, -0.15) is 0 Å². The topological polar surface area (TPSA) is 55.8 Å². The first kappa shape index (κ1) is 33.4. The second-order valence-corrected chi connectivity index (χ2v) is 14.1. The standard InChI is InChI=1S/C30H47FI2O4/c1-5-36-24(19-25(33)22-10-7-6-8-11-22)20-30(4,16-17-32)15-9-12-26(34)23-13-14-28(27(35)18-23)37-21-29(2,3)31/h6-7,10,18,24-25,27-28,35H,5,8-9,11-17,19-21H2,1-4H3/t24?,25-,27?,28?,30?/m1/s1. The summed E-state index contributed by atoms with van der Waals surface area (Å²) in [5.41, 5.74) is 0.889. The number of hydrogen-bond acceptors (Lipinski definition) is 4. The molecule has 0 heterocycles. The van der Waals surface area contributed by atoms with Crippen LogP contribution < -0.4 is 0 Å². The first-order chi connectivity index (χ1) is 17.5. The van der Waals surface area contributed by atoms with Crippen LogP contribution in [0.5, 0.6) is 0 Å². The molecule has 0 amide bonds. The van der Waals surface area contributed by atoms with Gasteiger partial charge in [0.2, 0.25) is 0 Å². The van der Waals surface area contributed by atoms with E-state index in [1.807, 2.05) is 0 Å². The molecule has 5 atom stereocenters. The maximum atomic E-state index is 13.7. The molecule has 7 heteroatoms. The van der Waals surface area contributed by atoms with Crippen LogP contribution in [0.3, 0.4) is 0 Å². The summed E-state index contributed by atoms with van der Waals surface area (Å²) in [5.74, 6) is 0.117. The first-order valence-corrected chi connectivity index (χ1v) is 16.6. The lowest BCUT2D eigenvalue weighted by Crippen LogP contribution is -2.35. The Morgan fingerprint density at radius 3 is 2.62 bits per heavy atom. The highest BCUT2D eigenvalue weighted by Gasteiger charge is 2.31. The predicted molar refractivity (Wildman–Crippen MR) is 168 cm³/mol. The molecule has 212 valence electrons. The van der Waals surface area contributed by atoms with Crippen LogP contribution in [0.4, 0.5) is 4.39 Å². The van der Waals surface area contributed by atoms with E-state index in [1.54, 1.807) is 6.08 Å². The molecular weight excluding hydrogens is 697 g/mol. The normalized spacial score (nSPS) is 23.7. The van der Waals surface area contributed by atoms with Crippen molar-refractivity contribution in [1.29, 1.82) is 0 Å². The Labute approximate surface area is 251 Å². The summed E-state index contributed by atoms with van der Waals surface area (Å²) in [6.07, 6.45) is 16.0. The number of aliphatic hydroxyl groups is 1. The van der Waals surface area contributed by atoms with Crippen molar-refractivity contribution in [2.75, 3.05) is 17.6 Å². The zero-order valence-electron chi connectivity index (χ0n) is 23.1. The molecule has 0 saturated carbocycles. The molecule has 0 fully saturated rings. The third-order valence-electron chi connectivity index (χ3n) is 7.37. The molecule has 0 aliphatic heterocycles. The predicted octanol–water partition coefficient (Wildman–Crippen LogP) is 8.04. The van der Waals surface area contributed by atoms with Gasteiger partial charge in [0.25, 0.3) is 0 Å². The minimum atomic E-state index is -1.44. The number of alkyl halides is 3. The third kappa shape index (κ3) is 12.5. The van der Waals surface area contributed by atoms with Crippen LogP contribution in [-0.4, -0.2) is 56.4 Å². The van der Waals surface area contributed by atoms with E-state index in [-0.39, 0.29) is 23.9 Å². The van der Waals surface area contributed by atoms with Crippen LogP contribution in [0.15, 0.2) is 35.5 Å². The molecule has 37 heavy (non-hydrogen) atoms. The third-order valence-corrected chi connectivity index (χ3v) is 9.22. The number of carbonyl (C=O) groups excluding carboxylic acids is 1. The Hall–Kier alpha value is 0.160. The van der Waals surface area contributed by atoms with Gasteiger partial charge in [-0.1, -0.05) is 75.9 Å². The molecule has 0 radical (unpaired) electrons. The van der Waals surface area contributed by atoms with Crippen molar-refractivity contribution in [3.05, 3.63) is 35.5 Å². The smallest absolute Gasteiger partial charge is 0.158 e. The van der Waals surface area contributed by atoms with Gasteiger partial charge in [-0.15, -0.1) is 0 Å². The summed E-state index contributed by atoms with van der Waals surface area (Å²) in [6.45, 7) is 8.01. The van der Waals surface area contributed by atoms with Crippen LogP contribution in [0.2, 0.25) is 0 Å². The second-order valence-electron chi connectivity index (χ2n) is 11.5. The van der Waals surface area contributed by atoms with Gasteiger partial charge in [0, 0.05) is 21.4 Å². The van der Waals surface area contributed by atoms with E-state index in [9.17, 15) is 14.3 Å². The highest BCUT2D eigenvalue weighted by Crippen LogP contribution is 2.38. The lowest BCUT2D eigenvalue weighted by Gasteiger charge is -2.34. The molecule has 2 aliphatic rings. The summed E-state index contributed by atoms with van der Waals surface area (Å²) < 4.78 is 27.1. The molecule has 4 nitrogen and oxygen atoms in total. The Bertz CT molecular complexity index is 804.